The molecule has 0 aliphatic carbocycles. The summed E-state index contributed by atoms with van der Waals surface area (Å²) in [7, 11) is 0. The zero-order valence-corrected chi connectivity index (χ0v) is 7.72. The standard InChI is InChI=1S/C9H13N3O/c1-5-3-7(10)9(8(11)4-5)12-6(2)13/h3-4H,10-11H2,1-2H3,(H,12,13). The van der Waals surface area contributed by atoms with Crippen LogP contribution >= 0.6 is 0 Å². The maximum Gasteiger partial charge on any atom is 0.221 e. The second-order valence-corrected chi connectivity index (χ2v) is 3.00. The van der Waals surface area contributed by atoms with Crippen LogP contribution < -0.4 is 16.8 Å². The Hall–Kier alpha value is -1.71. The van der Waals surface area contributed by atoms with E-state index in [-0.39, 0.29) is 5.91 Å². The first kappa shape index (κ1) is 9.38. The molecule has 0 aliphatic rings. The van der Waals surface area contributed by atoms with Gasteiger partial charge in [0.15, 0.2) is 0 Å². The summed E-state index contributed by atoms with van der Waals surface area (Å²) in [5, 5.41) is 2.58. The summed E-state index contributed by atoms with van der Waals surface area (Å²) in [4.78, 5) is 10.8. The van der Waals surface area contributed by atoms with Gasteiger partial charge in [-0.3, -0.25) is 4.79 Å². The molecule has 0 bridgehead atoms. The number of nitrogens with one attached hydrogen (secondary N) is 1. The lowest BCUT2D eigenvalue weighted by atomic mass is 10.1. The van der Waals surface area contributed by atoms with Gasteiger partial charge in [-0.25, -0.2) is 0 Å². The highest BCUT2D eigenvalue weighted by Gasteiger charge is 2.05. The Morgan fingerprint density at radius 1 is 1.31 bits per heavy atom. The third-order valence-corrected chi connectivity index (χ3v) is 1.64. The van der Waals surface area contributed by atoms with Gasteiger partial charge in [0.05, 0.1) is 17.1 Å². The quantitative estimate of drug-likeness (QED) is 0.565. The summed E-state index contributed by atoms with van der Waals surface area (Å²) in [6, 6.07) is 3.53. The first-order valence-corrected chi connectivity index (χ1v) is 3.94. The Balaban J connectivity index is 3.13. The Morgan fingerprint density at radius 2 is 1.77 bits per heavy atom. The van der Waals surface area contributed by atoms with Crippen LogP contribution in [0.15, 0.2) is 12.1 Å². The van der Waals surface area contributed by atoms with Crippen LogP contribution in [0.5, 0.6) is 0 Å². The number of nitrogen functional groups attached to an aromatic ring is 2. The van der Waals surface area contributed by atoms with E-state index in [1.54, 1.807) is 12.1 Å². The molecule has 5 N–H and O–H groups in total. The number of hydrogen-bond acceptors (Lipinski definition) is 3. The summed E-state index contributed by atoms with van der Waals surface area (Å²) in [5.74, 6) is -0.178. The molecule has 0 unspecified atom stereocenters. The number of benzene rings is 1. The number of anilines is 3. The number of carbonyl (C=O) groups excluding carboxylic acids is 1. The normalized spacial score (nSPS) is 9.69. The molecule has 0 atom stereocenters. The third kappa shape index (κ3) is 2.11. The van der Waals surface area contributed by atoms with Crippen molar-refractivity contribution in [2.45, 2.75) is 13.8 Å². The maximum atomic E-state index is 10.8. The summed E-state index contributed by atoms with van der Waals surface area (Å²) >= 11 is 0. The number of rotatable bonds is 1. The van der Waals surface area contributed by atoms with E-state index in [0.717, 1.165) is 5.56 Å². The molecule has 0 saturated heterocycles. The van der Waals surface area contributed by atoms with Crippen LogP contribution in [0.3, 0.4) is 0 Å². The van der Waals surface area contributed by atoms with Crippen molar-refractivity contribution in [3.05, 3.63) is 17.7 Å². The van der Waals surface area contributed by atoms with E-state index in [1.807, 2.05) is 6.92 Å². The minimum Gasteiger partial charge on any atom is -0.397 e. The summed E-state index contributed by atoms with van der Waals surface area (Å²) in [5.41, 5.74) is 13.8. The molecule has 0 heterocycles. The summed E-state index contributed by atoms with van der Waals surface area (Å²) in [6.45, 7) is 3.31. The van der Waals surface area contributed by atoms with Gasteiger partial charge in [-0.1, -0.05) is 0 Å². The van der Waals surface area contributed by atoms with Gasteiger partial charge in [-0.05, 0) is 24.6 Å². The average Bonchev–Trinajstić information content (AvgIpc) is 1.96. The van der Waals surface area contributed by atoms with Crippen LogP contribution in [0.25, 0.3) is 0 Å². The Morgan fingerprint density at radius 3 is 2.15 bits per heavy atom. The monoisotopic (exact) mass is 179 g/mol. The number of nitrogens with two attached hydrogens (primary N) is 2. The Kier molecular flexibility index (Phi) is 2.41. The van der Waals surface area contributed by atoms with Crippen molar-refractivity contribution < 1.29 is 4.79 Å². The Bertz CT molecular complexity index is 324. The second kappa shape index (κ2) is 3.35. The lowest BCUT2D eigenvalue weighted by Gasteiger charge is -2.10. The van der Waals surface area contributed by atoms with Gasteiger partial charge in [-0.15, -0.1) is 0 Å². The molecule has 1 aromatic rings. The maximum absolute atomic E-state index is 10.8. The first-order valence-electron chi connectivity index (χ1n) is 3.94. The average molecular weight is 179 g/mol. The van der Waals surface area contributed by atoms with Crippen molar-refractivity contribution in [3.8, 4) is 0 Å². The zero-order chi connectivity index (χ0) is 10.0. The molecule has 0 spiro atoms. The van der Waals surface area contributed by atoms with E-state index in [2.05, 4.69) is 5.32 Å². The molecule has 0 fully saturated rings. The molecule has 70 valence electrons. The number of hydrogen-bond donors (Lipinski definition) is 3. The molecule has 0 aromatic heterocycles. The minimum atomic E-state index is -0.178. The van der Waals surface area contributed by atoms with Crippen molar-refractivity contribution >= 4 is 23.0 Å². The van der Waals surface area contributed by atoms with Gasteiger partial charge in [0, 0.05) is 6.92 Å². The van der Waals surface area contributed by atoms with Crippen molar-refractivity contribution in [2.24, 2.45) is 0 Å². The van der Waals surface area contributed by atoms with E-state index >= 15 is 0 Å². The smallest absolute Gasteiger partial charge is 0.221 e. The molecular formula is C9H13N3O. The highest BCUT2D eigenvalue weighted by molar-refractivity contribution is 5.96. The molecule has 4 heteroatoms. The fourth-order valence-corrected chi connectivity index (χ4v) is 1.16. The van der Waals surface area contributed by atoms with E-state index in [9.17, 15) is 4.79 Å². The van der Waals surface area contributed by atoms with E-state index in [0.29, 0.717) is 17.1 Å². The number of amides is 1. The number of carbonyl (C=O) groups is 1. The zero-order valence-electron chi connectivity index (χ0n) is 7.72. The Labute approximate surface area is 76.9 Å². The van der Waals surface area contributed by atoms with E-state index in [4.69, 9.17) is 11.5 Å². The van der Waals surface area contributed by atoms with Gasteiger partial charge in [-0.2, -0.15) is 0 Å². The highest BCUT2D eigenvalue weighted by Crippen LogP contribution is 2.27. The van der Waals surface area contributed by atoms with Crippen molar-refractivity contribution in [1.29, 1.82) is 0 Å². The van der Waals surface area contributed by atoms with Crippen molar-refractivity contribution in [2.75, 3.05) is 16.8 Å². The van der Waals surface area contributed by atoms with Crippen LogP contribution in [-0.4, -0.2) is 5.91 Å². The molecule has 0 aliphatic heterocycles. The SMILES string of the molecule is CC(=O)Nc1c(N)cc(C)cc1N. The van der Waals surface area contributed by atoms with E-state index < -0.39 is 0 Å². The fraction of sp³-hybridized carbons (Fsp3) is 0.222. The topological polar surface area (TPSA) is 81.1 Å². The van der Waals surface area contributed by atoms with Crippen LogP contribution in [0.4, 0.5) is 17.1 Å². The van der Waals surface area contributed by atoms with E-state index in [1.165, 1.54) is 6.92 Å². The van der Waals surface area contributed by atoms with Gasteiger partial charge in [0.25, 0.3) is 0 Å². The molecular weight excluding hydrogens is 166 g/mol. The molecule has 13 heavy (non-hydrogen) atoms. The highest BCUT2D eigenvalue weighted by atomic mass is 16.1. The van der Waals surface area contributed by atoms with Gasteiger partial charge < -0.3 is 16.8 Å². The minimum absolute atomic E-state index is 0.178. The van der Waals surface area contributed by atoms with Gasteiger partial charge in [0.1, 0.15) is 0 Å². The third-order valence-electron chi connectivity index (χ3n) is 1.64. The van der Waals surface area contributed by atoms with Crippen molar-refractivity contribution in [1.82, 2.24) is 0 Å². The number of aryl methyl sites for hydroxylation is 1. The van der Waals surface area contributed by atoms with Gasteiger partial charge >= 0.3 is 0 Å². The molecule has 4 nitrogen and oxygen atoms in total. The van der Waals surface area contributed by atoms with Crippen LogP contribution in [0.2, 0.25) is 0 Å². The van der Waals surface area contributed by atoms with Crippen LogP contribution in [0.1, 0.15) is 12.5 Å². The lowest BCUT2D eigenvalue weighted by Crippen LogP contribution is -2.10. The van der Waals surface area contributed by atoms with Gasteiger partial charge in [0.2, 0.25) is 5.91 Å². The molecule has 1 rings (SSSR count). The first-order chi connectivity index (χ1) is 6.00. The molecule has 0 radical (unpaired) electrons. The van der Waals surface area contributed by atoms with Crippen LogP contribution in [0, 0.1) is 6.92 Å². The summed E-state index contributed by atoms with van der Waals surface area (Å²) < 4.78 is 0. The lowest BCUT2D eigenvalue weighted by molar-refractivity contribution is -0.114. The van der Waals surface area contributed by atoms with Crippen molar-refractivity contribution in [3.63, 3.8) is 0 Å². The van der Waals surface area contributed by atoms with Crippen LogP contribution in [-0.2, 0) is 4.79 Å². The predicted octanol–water partition coefficient (Wildman–Crippen LogP) is 1.12. The largest absolute Gasteiger partial charge is 0.397 e. The second-order valence-electron chi connectivity index (χ2n) is 3.00. The molecule has 1 amide bonds. The summed E-state index contributed by atoms with van der Waals surface area (Å²) in [6.07, 6.45) is 0. The fourth-order valence-electron chi connectivity index (χ4n) is 1.16. The predicted molar refractivity (Wildman–Crippen MR) is 54.3 cm³/mol. The molecule has 1 aromatic carbocycles. The molecule has 0 saturated carbocycles.